The fraction of sp³-hybridized carbons (Fsp3) is 0.462. The molecule has 4 heteroatoms. The standard InChI is InChI=1S/C13H19NO3/c1-14(2)13(16)8-10-17-12-6-4-3-5-11(12)7-9-15/h3-6,15H,7-10H2,1-2H3. The molecule has 0 aliphatic rings. The van der Waals surface area contributed by atoms with Crippen LogP contribution in [0.1, 0.15) is 12.0 Å². The van der Waals surface area contributed by atoms with Crippen molar-refractivity contribution >= 4 is 5.91 Å². The summed E-state index contributed by atoms with van der Waals surface area (Å²) in [5.74, 6) is 0.790. The summed E-state index contributed by atoms with van der Waals surface area (Å²) in [4.78, 5) is 12.9. The zero-order chi connectivity index (χ0) is 12.7. The molecule has 1 aromatic carbocycles. The maximum Gasteiger partial charge on any atom is 0.225 e. The van der Waals surface area contributed by atoms with Gasteiger partial charge in [0.2, 0.25) is 5.91 Å². The lowest BCUT2D eigenvalue weighted by molar-refractivity contribution is -0.129. The molecule has 1 aromatic rings. The quantitative estimate of drug-likeness (QED) is 0.805. The molecule has 4 nitrogen and oxygen atoms in total. The average molecular weight is 237 g/mol. The maximum atomic E-state index is 11.3. The smallest absolute Gasteiger partial charge is 0.225 e. The number of aliphatic hydroxyl groups is 1. The molecule has 0 fully saturated rings. The van der Waals surface area contributed by atoms with Gasteiger partial charge in [-0.05, 0) is 18.1 Å². The summed E-state index contributed by atoms with van der Waals surface area (Å²) in [6.45, 7) is 0.455. The Morgan fingerprint density at radius 1 is 1.35 bits per heavy atom. The van der Waals surface area contributed by atoms with Crippen LogP contribution in [0.2, 0.25) is 0 Å². The Morgan fingerprint density at radius 2 is 2.06 bits per heavy atom. The second kappa shape index (κ2) is 6.91. The normalized spacial score (nSPS) is 10.1. The van der Waals surface area contributed by atoms with E-state index in [2.05, 4.69) is 0 Å². The predicted octanol–water partition coefficient (Wildman–Crippen LogP) is 1.08. The molecule has 0 aliphatic heterocycles. The van der Waals surface area contributed by atoms with Crippen molar-refractivity contribution in [3.63, 3.8) is 0 Å². The topological polar surface area (TPSA) is 49.8 Å². The summed E-state index contributed by atoms with van der Waals surface area (Å²) in [5, 5.41) is 8.91. The van der Waals surface area contributed by atoms with Crippen LogP contribution in [-0.2, 0) is 11.2 Å². The van der Waals surface area contributed by atoms with Gasteiger partial charge in [0.25, 0.3) is 0 Å². The highest BCUT2D eigenvalue weighted by molar-refractivity contribution is 5.75. The average Bonchev–Trinajstić information content (AvgIpc) is 2.31. The van der Waals surface area contributed by atoms with Gasteiger partial charge in [-0.1, -0.05) is 18.2 Å². The molecule has 0 aliphatic carbocycles. The first-order chi connectivity index (χ1) is 8.15. The molecule has 0 saturated heterocycles. The molecule has 0 bridgehead atoms. The highest BCUT2D eigenvalue weighted by Gasteiger charge is 2.06. The number of benzene rings is 1. The van der Waals surface area contributed by atoms with Gasteiger partial charge in [0.1, 0.15) is 5.75 Å². The minimum absolute atomic E-state index is 0.0460. The molecule has 0 aromatic heterocycles. The van der Waals surface area contributed by atoms with Crippen molar-refractivity contribution in [2.45, 2.75) is 12.8 Å². The Kier molecular flexibility index (Phi) is 5.49. The van der Waals surface area contributed by atoms with Crippen LogP contribution in [0.3, 0.4) is 0 Å². The zero-order valence-corrected chi connectivity index (χ0v) is 10.3. The third-order valence-electron chi connectivity index (χ3n) is 2.43. The molecular weight excluding hydrogens is 218 g/mol. The van der Waals surface area contributed by atoms with E-state index in [1.54, 1.807) is 19.0 Å². The van der Waals surface area contributed by atoms with Crippen LogP contribution in [0.15, 0.2) is 24.3 Å². The van der Waals surface area contributed by atoms with Gasteiger partial charge in [0, 0.05) is 20.7 Å². The number of nitrogens with zero attached hydrogens (tertiary/aromatic N) is 1. The Balaban J connectivity index is 2.48. The monoisotopic (exact) mass is 237 g/mol. The predicted molar refractivity (Wildman–Crippen MR) is 66.0 cm³/mol. The number of para-hydroxylation sites is 1. The first-order valence-electron chi connectivity index (χ1n) is 5.67. The number of aliphatic hydroxyl groups excluding tert-OH is 1. The van der Waals surface area contributed by atoms with Crippen LogP contribution >= 0.6 is 0 Å². The number of hydrogen-bond acceptors (Lipinski definition) is 3. The van der Waals surface area contributed by atoms with Crippen LogP contribution in [0, 0.1) is 0 Å². The SMILES string of the molecule is CN(C)C(=O)CCOc1ccccc1CCO. The van der Waals surface area contributed by atoms with Gasteiger partial charge in [-0.25, -0.2) is 0 Å². The van der Waals surface area contributed by atoms with Crippen LogP contribution in [0.25, 0.3) is 0 Å². The van der Waals surface area contributed by atoms with Crippen molar-refractivity contribution in [2.75, 3.05) is 27.3 Å². The van der Waals surface area contributed by atoms with E-state index >= 15 is 0 Å². The number of carbonyl (C=O) groups is 1. The summed E-state index contributed by atoms with van der Waals surface area (Å²) >= 11 is 0. The van der Waals surface area contributed by atoms with E-state index in [9.17, 15) is 4.79 Å². The lowest BCUT2D eigenvalue weighted by atomic mass is 10.1. The van der Waals surface area contributed by atoms with Crippen LogP contribution in [0.4, 0.5) is 0 Å². The summed E-state index contributed by atoms with van der Waals surface area (Å²) in [7, 11) is 3.45. The second-order valence-corrected chi connectivity index (χ2v) is 3.97. The molecule has 1 N–H and O–H groups in total. The Bertz CT molecular complexity index is 363. The minimum Gasteiger partial charge on any atom is -0.493 e. The molecular formula is C13H19NO3. The first-order valence-corrected chi connectivity index (χ1v) is 5.67. The van der Waals surface area contributed by atoms with Crippen molar-refractivity contribution in [3.05, 3.63) is 29.8 Å². The third kappa shape index (κ3) is 4.44. The van der Waals surface area contributed by atoms with Gasteiger partial charge in [-0.2, -0.15) is 0 Å². The van der Waals surface area contributed by atoms with E-state index in [0.717, 1.165) is 11.3 Å². The third-order valence-corrected chi connectivity index (χ3v) is 2.43. The Morgan fingerprint density at radius 3 is 2.71 bits per heavy atom. The van der Waals surface area contributed by atoms with Gasteiger partial charge in [-0.15, -0.1) is 0 Å². The van der Waals surface area contributed by atoms with E-state index in [0.29, 0.717) is 19.4 Å². The van der Waals surface area contributed by atoms with Crippen molar-refractivity contribution < 1.29 is 14.6 Å². The number of carbonyl (C=O) groups excluding carboxylic acids is 1. The molecule has 0 spiro atoms. The van der Waals surface area contributed by atoms with Crippen molar-refractivity contribution in [2.24, 2.45) is 0 Å². The first kappa shape index (κ1) is 13.5. The minimum atomic E-state index is 0.0460. The fourth-order valence-electron chi connectivity index (χ4n) is 1.44. The molecule has 0 unspecified atom stereocenters. The molecule has 0 heterocycles. The lowest BCUT2D eigenvalue weighted by Gasteiger charge is -2.12. The van der Waals surface area contributed by atoms with Crippen molar-refractivity contribution in [3.8, 4) is 5.75 Å². The highest BCUT2D eigenvalue weighted by atomic mass is 16.5. The Hall–Kier alpha value is -1.55. The van der Waals surface area contributed by atoms with Gasteiger partial charge >= 0.3 is 0 Å². The second-order valence-electron chi connectivity index (χ2n) is 3.97. The number of ether oxygens (including phenoxy) is 1. The maximum absolute atomic E-state index is 11.3. The lowest BCUT2D eigenvalue weighted by Crippen LogP contribution is -2.23. The van der Waals surface area contributed by atoms with Gasteiger partial charge in [0.15, 0.2) is 0 Å². The molecule has 0 atom stereocenters. The van der Waals surface area contributed by atoms with Crippen LogP contribution in [-0.4, -0.2) is 43.2 Å². The van der Waals surface area contributed by atoms with Gasteiger partial charge < -0.3 is 14.7 Å². The summed E-state index contributed by atoms with van der Waals surface area (Å²) in [6.07, 6.45) is 0.929. The summed E-state index contributed by atoms with van der Waals surface area (Å²) in [6, 6.07) is 7.55. The zero-order valence-electron chi connectivity index (χ0n) is 10.3. The van der Waals surface area contributed by atoms with Crippen molar-refractivity contribution in [1.29, 1.82) is 0 Å². The number of hydrogen-bond donors (Lipinski definition) is 1. The molecule has 0 radical (unpaired) electrons. The molecule has 94 valence electrons. The van der Waals surface area contributed by atoms with E-state index in [1.165, 1.54) is 0 Å². The molecule has 0 saturated carbocycles. The van der Waals surface area contributed by atoms with Gasteiger partial charge in [0.05, 0.1) is 13.0 Å². The number of rotatable bonds is 6. The molecule has 1 rings (SSSR count). The molecule has 17 heavy (non-hydrogen) atoms. The number of amides is 1. The highest BCUT2D eigenvalue weighted by Crippen LogP contribution is 2.18. The fourth-order valence-corrected chi connectivity index (χ4v) is 1.44. The van der Waals surface area contributed by atoms with Crippen LogP contribution in [0.5, 0.6) is 5.75 Å². The van der Waals surface area contributed by atoms with E-state index in [4.69, 9.17) is 9.84 Å². The summed E-state index contributed by atoms with van der Waals surface area (Å²) in [5.41, 5.74) is 0.965. The van der Waals surface area contributed by atoms with E-state index in [-0.39, 0.29) is 12.5 Å². The van der Waals surface area contributed by atoms with Gasteiger partial charge in [-0.3, -0.25) is 4.79 Å². The van der Waals surface area contributed by atoms with E-state index < -0.39 is 0 Å². The molecule has 1 amide bonds. The van der Waals surface area contributed by atoms with E-state index in [1.807, 2.05) is 24.3 Å². The van der Waals surface area contributed by atoms with Crippen molar-refractivity contribution in [1.82, 2.24) is 4.90 Å². The van der Waals surface area contributed by atoms with Crippen LogP contribution < -0.4 is 4.74 Å². The largest absolute Gasteiger partial charge is 0.493 e. The summed E-state index contributed by atoms with van der Waals surface area (Å²) < 4.78 is 5.55. The Labute approximate surface area is 102 Å².